The van der Waals surface area contributed by atoms with Crippen LogP contribution in [-0.2, 0) is 17.8 Å². The van der Waals surface area contributed by atoms with Gasteiger partial charge in [-0.3, -0.25) is 4.79 Å². The van der Waals surface area contributed by atoms with Crippen molar-refractivity contribution in [3.8, 4) is 11.3 Å². The maximum Gasteiger partial charge on any atom is 0.293 e. The minimum absolute atomic E-state index is 0.0555. The predicted octanol–water partition coefficient (Wildman–Crippen LogP) is 4.14. The van der Waals surface area contributed by atoms with Crippen molar-refractivity contribution in [2.45, 2.75) is 52.0 Å². The van der Waals surface area contributed by atoms with Crippen LogP contribution in [0.25, 0.3) is 11.3 Å². The number of aromatic nitrogens is 2. The number of aryl methyl sites for hydroxylation is 1. The summed E-state index contributed by atoms with van der Waals surface area (Å²) in [4.78, 5) is 17.0. The largest absolute Gasteiger partial charge is 0.398 e. The molecule has 2 aromatic rings. The van der Waals surface area contributed by atoms with E-state index in [0.29, 0.717) is 23.8 Å². The van der Waals surface area contributed by atoms with Crippen molar-refractivity contribution < 1.29 is 4.18 Å². The van der Waals surface area contributed by atoms with Crippen molar-refractivity contribution >= 4 is 21.8 Å². The van der Waals surface area contributed by atoms with E-state index >= 15 is 0 Å². The Hall–Kier alpha value is -1.99. The molecule has 0 spiro atoms. The zero-order chi connectivity index (χ0) is 21.3. The summed E-state index contributed by atoms with van der Waals surface area (Å²) in [5.74, 6) is 0.338. The van der Waals surface area contributed by atoms with E-state index in [-0.39, 0.29) is 16.3 Å². The average molecular weight is 407 g/mol. The van der Waals surface area contributed by atoms with Crippen LogP contribution in [-0.4, -0.2) is 32.9 Å². The number of rotatable bonds is 6. The second-order valence-corrected chi connectivity index (χ2v) is 12.6. The maximum absolute atomic E-state index is 12.4. The molecule has 7 heteroatoms. The van der Waals surface area contributed by atoms with E-state index in [2.05, 4.69) is 43.6 Å². The Kier molecular flexibility index (Phi) is 6.51. The van der Waals surface area contributed by atoms with Gasteiger partial charge >= 0.3 is 0 Å². The number of benzene rings is 1. The third kappa shape index (κ3) is 4.89. The highest BCUT2D eigenvalue weighted by molar-refractivity contribution is 8.29. The molecule has 1 aromatic heterocycles. The summed E-state index contributed by atoms with van der Waals surface area (Å²) < 4.78 is 7.97. The second-order valence-electron chi connectivity index (χ2n) is 8.67. The van der Waals surface area contributed by atoms with Crippen molar-refractivity contribution in [3.05, 3.63) is 40.3 Å². The van der Waals surface area contributed by atoms with Gasteiger partial charge in [-0.1, -0.05) is 32.9 Å². The third-order valence-electron chi connectivity index (χ3n) is 4.96. The molecule has 1 aromatic carbocycles. The number of hydrogen-bond acceptors (Lipinski definition) is 5. The summed E-state index contributed by atoms with van der Waals surface area (Å²) >= 11 is 0. The molecule has 28 heavy (non-hydrogen) atoms. The fraction of sp³-hybridized carbons (Fsp3) is 0.524. The van der Waals surface area contributed by atoms with Crippen molar-refractivity contribution in [3.63, 3.8) is 0 Å². The van der Waals surface area contributed by atoms with E-state index in [1.54, 1.807) is 17.8 Å². The van der Waals surface area contributed by atoms with Crippen molar-refractivity contribution in [2.75, 3.05) is 23.6 Å². The van der Waals surface area contributed by atoms with Gasteiger partial charge in [0.25, 0.3) is 5.56 Å². The Morgan fingerprint density at radius 2 is 1.93 bits per heavy atom. The van der Waals surface area contributed by atoms with Crippen LogP contribution in [0.1, 0.15) is 40.2 Å². The number of anilines is 2. The summed E-state index contributed by atoms with van der Waals surface area (Å²) in [5.41, 5.74) is 9.28. The molecular formula is C21H34N4O2S. The molecule has 0 saturated heterocycles. The monoisotopic (exact) mass is 406 g/mol. The van der Waals surface area contributed by atoms with Gasteiger partial charge in [0.05, 0.1) is 12.3 Å². The zero-order valence-corrected chi connectivity index (χ0v) is 19.1. The Balaban J connectivity index is 2.50. The first kappa shape index (κ1) is 22.3. The van der Waals surface area contributed by atoms with Crippen molar-refractivity contribution in [1.82, 2.24) is 9.55 Å². The van der Waals surface area contributed by atoms with E-state index in [1.165, 1.54) is 0 Å². The van der Waals surface area contributed by atoms with Crippen LogP contribution in [0.15, 0.2) is 29.2 Å². The molecule has 0 aliphatic carbocycles. The van der Waals surface area contributed by atoms with Crippen molar-refractivity contribution in [2.24, 2.45) is 7.05 Å². The Morgan fingerprint density at radius 1 is 1.29 bits per heavy atom. The summed E-state index contributed by atoms with van der Waals surface area (Å²) in [6.45, 7) is 10.9. The van der Waals surface area contributed by atoms with Gasteiger partial charge in [-0.2, -0.15) is 0 Å². The van der Waals surface area contributed by atoms with E-state index in [4.69, 9.17) is 9.92 Å². The highest BCUT2D eigenvalue weighted by Gasteiger charge is 2.29. The molecule has 3 N–H and O–H groups in total. The highest BCUT2D eigenvalue weighted by Crippen LogP contribution is 2.54. The highest BCUT2D eigenvalue weighted by atomic mass is 32.3. The standard InChI is InChI=1S/C21H34N4O2S/c1-14(2)23-19-20(26)25(6)12-18(24-19)15-10-9-11-17(22)16(15)13-27-28(7,8)21(3,4)5/h9-12,14H,13,22H2,1-8H3,(H,23,24). The molecule has 0 fully saturated rings. The molecule has 1 heterocycles. The van der Waals surface area contributed by atoms with Crippen LogP contribution >= 0.6 is 10.3 Å². The molecule has 156 valence electrons. The lowest BCUT2D eigenvalue weighted by Crippen LogP contribution is -2.26. The summed E-state index contributed by atoms with van der Waals surface area (Å²) in [6.07, 6.45) is 6.08. The zero-order valence-electron chi connectivity index (χ0n) is 18.3. The molecule has 0 aliphatic rings. The van der Waals surface area contributed by atoms with Gasteiger partial charge in [-0.15, -0.1) is 10.3 Å². The van der Waals surface area contributed by atoms with Gasteiger partial charge < -0.3 is 19.8 Å². The quantitative estimate of drug-likeness (QED) is 0.705. The fourth-order valence-electron chi connectivity index (χ4n) is 2.49. The first-order chi connectivity index (χ1) is 12.8. The van der Waals surface area contributed by atoms with Crippen LogP contribution < -0.4 is 16.6 Å². The van der Waals surface area contributed by atoms with Crippen LogP contribution in [0, 0.1) is 0 Å². The molecule has 0 bridgehead atoms. The molecule has 0 aliphatic heterocycles. The average Bonchev–Trinajstić information content (AvgIpc) is 2.56. The normalized spacial score (nSPS) is 13.0. The van der Waals surface area contributed by atoms with Gasteiger partial charge in [0.15, 0.2) is 5.82 Å². The number of nitrogens with zero attached hydrogens (tertiary/aromatic N) is 2. The SMILES string of the molecule is CC(C)Nc1nc(-c2cccc(N)c2COS(C)(C)C(C)(C)C)cn(C)c1=O. The number of nitrogens with two attached hydrogens (primary N) is 1. The second kappa shape index (κ2) is 8.17. The number of hydrogen-bond donors (Lipinski definition) is 2. The molecule has 0 unspecified atom stereocenters. The summed E-state index contributed by atoms with van der Waals surface area (Å²) in [7, 11) is 0.436. The lowest BCUT2D eigenvalue weighted by atomic mass is 10.0. The lowest BCUT2D eigenvalue weighted by Gasteiger charge is -2.43. The minimum Gasteiger partial charge on any atom is -0.398 e. The van der Waals surface area contributed by atoms with E-state index in [0.717, 1.165) is 11.1 Å². The fourth-order valence-corrected chi connectivity index (χ4v) is 3.26. The van der Waals surface area contributed by atoms with E-state index < -0.39 is 10.3 Å². The van der Waals surface area contributed by atoms with Gasteiger partial charge in [0, 0.05) is 40.8 Å². The van der Waals surface area contributed by atoms with Crippen LogP contribution in [0.4, 0.5) is 11.5 Å². The molecule has 0 atom stereocenters. The first-order valence-electron chi connectivity index (χ1n) is 9.42. The summed E-state index contributed by atoms with van der Waals surface area (Å²) in [6, 6.07) is 5.85. The van der Waals surface area contributed by atoms with Gasteiger partial charge in [0.1, 0.15) is 0 Å². The number of nitrogens with one attached hydrogen (secondary N) is 1. The Bertz CT molecular complexity index is 898. The molecule has 0 amide bonds. The smallest absolute Gasteiger partial charge is 0.293 e. The summed E-state index contributed by atoms with van der Waals surface area (Å²) in [5, 5.41) is 3.13. The van der Waals surface area contributed by atoms with Crippen LogP contribution in [0.5, 0.6) is 0 Å². The van der Waals surface area contributed by atoms with Crippen LogP contribution in [0.3, 0.4) is 0 Å². The lowest BCUT2D eigenvalue weighted by molar-refractivity contribution is 0.340. The molecule has 0 saturated carbocycles. The van der Waals surface area contributed by atoms with E-state index in [1.807, 2.05) is 32.0 Å². The van der Waals surface area contributed by atoms with Gasteiger partial charge in [0.2, 0.25) is 0 Å². The Morgan fingerprint density at radius 3 is 2.50 bits per heavy atom. The number of nitrogen functional groups attached to an aromatic ring is 1. The third-order valence-corrected chi connectivity index (χ3v) is 8.61. The maximum atomic E-state index is 12.4. The molecule has 6 nitrogen and oxygen atoms in total. The topological polar surface area (TPSA) is 82.2 Å². The van der Waals surface area contributed by atoms with Gasteiger partial charge in [-0.05, 0) is 32.4 Å². The Labute approximate surface area is 170 Å². The first-order valence-corrected chi connectivity index (χ1v) is 11.8. The van der Waals surface area contributed by atoms with E-state index in [9.17, 15) is 4.79 Å². The van der Waals surface area contributed by atoms with Crippen LogP contribution in [0.2, 0.25) is 0 Å². The molecule has 0 radical (unpaired) electrons. The molecule has 2 rings (SSSR count). The van der Waals surface area contributed by atoms with Crippen molar-refractivity contribution in [1.29, 1.82) is 0 Å². The minimum atomic E-state index is -1.29. The van der Waals surface area contributed by atoms with Gasteiger partial charge in [-0.25, -0.2) is 4.98 Å². The molecular weight excluding hydrogens is 372 g/mol. The predicted molar refractivity (Wildman–Crippen MR) is 122 cm³/mol.